The minimum absolute atomic E-state index is 0.0296. The van der Waals surface area contributed by atoms with Gasteiger partial charge in [-0.3, -0.25) is 4.79 Å². The van der Waals surface area contributed by atoms with Crippen molar-refractivity contribution in [2.24, 2.45) is 0 Å². The molecule has 1 aliphatic heterocycles. The van der Waals surface area contributed by atoms with Crippen molar-refractivity contribution in [1.29, 1.82) is 0 Å². The zero-order chi connectivity index (χ0) is 26.9. The third kappa shape index (κ3) is 4.86. The fourth-order valence-electron chi connectivity index (χ4n) is 4.72. The highest BCUT2D eigenvalue weighted by molar-refractivity contribution is 7.89. The monoisotopic (exact) mass is 551 g/mol. The second kappa shape index (κ2) is 10.7. The summed E-state index contributed by atoms with van der Waals surface area (Å²) >= 11 is 6.54. The molecule has 38 heavy (non-hydrogen) atoms. The van der Waals surface area contributed by atoms with E-state index in [1.165, 1.54) is 23.5 Å². The Morgan fingerprint density at radius 1 is 1.00 bits per heavy atom. The zero-order valence-corrected chi connectivity index (χ0v) is 22.2. The maximum Gasteiger partial charge on any atom is 0.354 e. The average molecular weight is 552 g/mol. The Balaban J connectivity index is 1.58. The van der Waals surface area contributed by atoms with Crippen LogP contribution in [-0.4, -0.2) is 57.0 Å². The van der Waals surface area contributed by atoms with Crippen molar-refractivity contribution in [2.75, 3.05) is 33.3 Å². The minimum atomic E-state index is -3.61. The number of esters is 1. The molecule has 1 saturated heterocycles. The van der Waals surface area contributed by atoms with Gasteiger partial charge < -0.3 is 15.0 Å². The molecule has 0 bridgehead atoms. The highest BCUT2D eigenvalue weighted by Gasteiger charge is 2.26. The second-order valence-electron chi connectivity index (χ2n) is 8.99. The number of ether oxygens (including phenoxy) is 1. The lowest BCUT2D eigenvalue weighted by molar-refractivity contribution is 0.0593. The summed E-state index contributed by atoms with van der Waals surface area (Å²) in [4.78, 5) is 29.8. The first-order valence-electron chi connectivity index (χ1n) is 12.1. The van der Waals surface area contributed by atoms with Crippen LogP contribution >= 0.6 is 11.6 Å². The maximum atomic E-state index is 13.7. The molecule has 1 aliphatic rings. The molecule has 0 amide bonds. The largest absolute Gasteiger partial charge is 0.464 e. The van der Waals surface area contributed by atoms with Crippen molar-refractivity contribution in [3.63, 3.8) is 0 Å². The number of fused-ring (bicyclic) bond motifs is 1. The number of benzene rings is 3. The van der Waals surface area contributed by atoms with E-state index >= 15 is 0 Å². The van der Waals surface area contributed by atoms with E-state index in [1.54, 1.807) is 24.3 Å². The number of nitrogens with one attached hydrogen (secondary N) is 2. The van der Waals surface area contributed by atoms with Gasteiger partial charge in [0.15, 0.2) is 5.43 Å². The lowest BCUT2D eigenvalue weighted by Gasteiger charge is -2.26. The molecule has 0 atom stereocenters. The first-order chi connectivity index (χ1) is 18.3. The predicted octanol–water partition coefficient (Wildman–Crippen LogP) is 3.82. The molecule has 196 valence electrons. The molecule has 1 aromatic heterocycles. The third-order valence-corrected chi connectivity index (χ3v) is 8.92. The molecular weight excluding hydrogens is 526 g/mol. The molecule has 0 unspecified atom stereocenters. The lowest BCUT2D eigenvalue weighted by atomic mass is 9.97. The van der Waals surface area contributed by atoms with Gasteiger partial charge in [0.05, 0.1) is 22.5 Å². The number of pyridine rings is 1. The molecule has 3 aromatic carbocycles. The van der Waals surface area contributed by atoms with E-state index in [0.717, 1.165) is 5.56 Å². The van der Waals surface area contributed by atoms with Gasteiger partial charge in [-0.2, -0.15) is 4.31 Å². The topological polar surface area (TPSA) is 109 Å². The number of carbonyl (C=O) groups excluding carboxylic acids is 1. The van der Waals surface area contributed by atoms with Crippen LogP contribution in [0.3, 0.4) is 0 Å². The van der Waals surface area contributed by atoms with Crippen LogP contribution < -0.4 is 10.7 Å². The van der Waals surface area contributed by atoms with Gasteiger partial charge in [0.25, 0.3) is 0 Å². The fraction of sp³-hybridized carbons (Fsp3) is 0.214. The van der Waals surface area contributed by atoms with E-state index in [4.69, 9.17) is 16.3 Å². The first-order valence-corrected chi connectivity index (χ1v) is 13.9. The van der Waals surface area contributed by atoms with Gasteiger partial charge in [0.2, 0.25) is 10.0 Å². The van der Waals surface area contributed by atoms with Gasteiger partial charge in [-0.05, 0) is 35.4 Å². The number of sulfonamides is 1. The molecule has 5 rings (SSSR count). The van der Waals surface area contributed by atoms with E-state index in [0.29, 0.717) is 53.2 Å². The molecule has 2 heterocycles. The van der Waals surface area contributed by atoms with E-state index in [1.807, 2.05) is 30.3 Å². The number of methoxy groups -OCH3 is 1. The van der Waals surface area contributed by atoms with Gasteiger partial charge in [0, 0.05) is 49.1 Å². The summed E-state index contributed by atoms with van der Waals surface area (Å²) in [6.07, 6.45) is 0.104. The van der Waals surface area contributed by atoms with Crippen LogP contribution in [0.1, 0.15) is 21.6 Å². The van der Waals surface area contributed by atoms with E-state index in [9.17, 15) is 18.0 Å². The van der Waals surface area contributed by atoms with Crippen molar-refractivity contribution in [1.82, 2.24) is 14.6 Å². The van der Waals surface area contributed by atoms with Crippen LogP contribution in [0.15, 0.2) is 76.4 Å². The molecule has 0 radical (unpaired) electrons. The Kier molecular flexibility index (Phi) is 7.36. The maximum absolute atomic E-state index is 13.7. The Bertz CT molecular complexity index is 1660. The van der Waals surface area contributed by atoms with Gasteiger partial charge in [-0.1, -0.05) is 54.1 Å². The number of halogens is 1. The van der Waals surface area contributed by atoms with Gasteiger partial charge in [0.1, 0.15) is 5.69 Å². The number of nitrogens with zero attached hydrogens (tertiary/aromatic N) is 1. The minimum Gasteiger partial charge on any atom is -0.464 e. The van der Waals surface area contributed by atoms with Gasteiger partial charge in [-0.15, -0.1) is 0 Å². The number of H-pyrrole nitrogens is 1. The van der Waals surface area contributed by atoms with Crippen LogP contribution in [0, 0.1) is 0 Å². The molecule has 0 saturated carbocycles. The van der Waals surface area contributed by atoms with Crippen molar-refractivity contribution < 1.29 is 17.9 Å². The Hall–Kier alpha value is -3.50. The van der Waals surface area contributed by atoms with Crippen LogP contribution in [0.5, 0.6) is 0 Å². The quantitative estimate of drug-likeness (QED) is 0.353. The van der Waals surface area contributed by atoms with E-state index in [-0.39, 0.29) is 28.0 Å². The summed E-state index contributed by atoms with van der Waals surface area (Å²) < 4.78 is 32.4. The molecule has 0 spiro atoms. The summed E-state index contributed by atoms with van der Waals surface area (Å²) in [7, 11) is -2.36. The number of piperazine rings is 1. The summed E-state index contributed by atoms with van der Waals surface area (Å²) in [6.45, 7) is 2.03. The number of aromatic nitrogens is 1. The zero-order valence-electron chi connectivity index (χ0n) is 20.7. The standard InChI is InChI=1S/C28H26ClN3O5S/c1-37-28(34)26-22(17-18-7-9-20(10-8-18)38(35,36)32-15-13-30-14-16-32)27(33)21-11-12-23(29)24(25(21)31-26)19-5-3-2-4-6-19/h2-12,30H,13-17H2,1H3,(H,31,33). The normalized spacial score (nSPS) is 14.5. The van der Waals surface area contributed by atoms with Gasteiger partial charge >= 0.3 is 5.97 Å². The van der Waals surface area contributed by atoms with Crippen LogP contribution in [-0.2, 0) is 21.2 Å². The van der Waals surface area contributed by atoms with Crippen LogP contribution in [0.4, 0.5) is 0 Å². The summed E-state index contributed by atoms with van der Waals surface area (Å²) in [6, 6.07) is 19.1. The van der Waals surface area contributed by atoms with E-state index < -0.39 is 16.0 Å². The molecule has 10 heteroatoms. The summed E-state index contributed by atoms with van der Waals surface area (Å²) in [5.41, 5.74) is 2.45. The van der Waals surface area contributed by atoms with Gasteiger partial charge in [-0.25, -0.2) is 13.2 Å². The molecule has 1 fully saturated rings. The molecule has 2 N–H and O–H groups in total. The fourth-order valence-corrected chi connectivity index (χ4v) is 6.43. The molecule has 4 aromatic rings. The Morgan fingerprint density at radius 2 is 1.68 bits per heavy atom. The van der Waals surface area contributed by atoms with Crippen molar-refractivity contribution >= 4 is 38.5 Å². The van der Waals surface area contributed by atoms with Crippen LogP contribution in [0.2, 0.25) is 5.02 Å². The number of rotatable bonds is 6. The highest BCUT2D eigenvalue weighted by atomic mass is 35.5. The average Bonchev–Trinajstić information content (AvgIpc) is 2.95. The van der Waals surface area contributed by atoms with E-state index in [2.05, 4.69) is 10.3 Å². The predicted molar refractivity (Wildman–Crippen MR) is 147 cm³/mol. The number of hydrogen-bond acceptors (Lipinski definition) is 6. The summed E-state index contributed by atoms with van der Waals surface area (Å²) in [5, 5.41) is 3.96. The summed E-state index contributed by atoms with van der Waals surface area (Å²) in [5.74, 6) is -0.684. The van der Waals surface area contributed by atoms with Crippen molar-refractivity contribution in [3.05, 3.63) is 98.8 Å². The number of carbonyl (C=O) groups is 1. The number of aromatic amines is 1. The van der Waals surface area contributed by atoms with Crippen LogP contribution in [0.25, 0.3) is 22.0 Å². The number of hydrogen-bond donors (Lipinski definition) is 2. The highest BCUT2D eigenvalue weighted by Crippen LogP contribution is 2.34. The second-order valence-corrected chi connectivity index (χ2v) is 11.3. The Labute approximate surface area is 225 Å². The smallest absolute Gasteiger partial charge is 0.354 e. The lowest BCUT2D eigenvalue weighted by Crippen LogP contribution is -2.46. The molecule has 0 aliphatic carbocycles. The third-order valence-electron chi connectivity index (χ3n) is 6.69. The molecular formula is C28H26ClN3O5S. The first kappa shape index (κ1) is 26.1. The van der Waals surface area contributed by atoms with Crippen molar-refractivity contribution in [2.45, 2.75) is 11.3 Å². The van der Waals surface area contributed by atoms with Crippen molar-refractivity contribution in [3.8, 4) is 11.1 Å². The SMILES string of the molecule is COC(=O)c1[nH]c2c(-c3ccccc3)c(Cl)ccc2c(=O)c1Cc1ccc(S(=O)(=O)N2CCNCC2)cc1. The Morgan fingerprint density at radius 3 is 2.34 bits per heavy atom. The molecule has 8 nitrogen and oxygen atoms in total.